The third-order valence-electron chi connectivity index (χ3n) is 6.12. The summed E-state index contributed by atoms with van der Waals surface area (Å²) in [6.07, 6.45) is 2.78. The van der Waals surface area contributed by atoms with Gasteiger partial charge in [0.2, 0.25) is 0 Å². The molecular weight excluding hydrogens is 446 g/mol. The molecule has 3 heterocycles. The molecule has 1 fully saturated rings. The van der Waals surface area contributed by atoms with Gasteiger partial charge in [-0.25, -0.2) is 4.98 Å². The second kappa shape index (κ2) is 9.61. The number of anilines is 3. The number of pyridine rings is 1. The highest BCUT2D eigenvalue weighted by molar-refractivity contribution is 7.21. The van der Waals surface area contributed by atoms with Crippen molar-refractivity contribution in [3.63, 3.8) is 0 Å². The van der Waals surface area contributed by atoms with Gasteiger partial charge in [0.1, 0.15) is 22.1 Å². The molecule has 4 aromatic rings. The Kier molecular flexibility index (Phi) is 6.22. The summed E-state index contributed by atoms with van der Waals surface area (Å²) in [6.45, 7) is 4.13. The number of carbonyl (C=O) groups is 1. The normalized spacial score (nSPS) is 14.2. The third kappa shape index (κ3) is 4.49. The SMILES string of the molecule is NC(=O)c1sc2nccc(N3CCCN(c4ccc(OCc5ccccc5)cc4)CC3)c2c1N. The van der Waals surface area contributed by atoms with Gasteiger partial charge < -0.3 is 26.0 Å². The maximum absolute atomic E-state index is 11.8. The minimum Gasteiger partial charge on any atom is -0.489 e. The Bertz CT molecular complexity index is 1290. The van der Waals surface area contributed by atoms with Crippen molar-refractivity contribution in [3.05, 3.63) is 77.3 Å². The molecule has 2 aromatic carbocycles. The third-order valence-corrected chi connectivity index (χ3v) is 7.25. The highest BCUT2D eigenvalue weighted by Gasteiger charge is 2.22. The Morgan fingerprint density at radius 2 is 1.71 bits per heavy atom. The monoisotopic (exact) mass is 473 g/mol. The van der Waals surface area contributed by atoms with Crippen LogP contribution in [-0.2, 0) is 6.61 Å². The number of fused-ring (bicyclic) bond motifs is 1. The van der Waals surface area contributed by atoms with Crippen LogP contribution in [0.3, 0.4) is 0 Å². The number of hydrogen-bond donors (Lipinski definition) is 2. The average Bonchev–Trinajstić information content (AvgIpc) is 3.04. The smallest absolute Gasteiger partial charge is 0.260 e. The Morgan fingerprint density at radius 3 is 2.47 bits per heavy atom. The number of ether oxygens (including phenoxy) is 1. The van der Waals surface area contributed by atoms with E-state index in [4.69, 9.17) is 16.2 Å². The summed E-state index contributed by atoms with van der Waals surface area (Å²) in [5.41, 5.74) is 15.6. The van der Waals surface area contributed by atoms with E-state index in [9.17, 15) is 4.79 Å². The molecule has 1 aliphatic rings. The van der Waals surface area contributed by atoms with E-state index in [0.29, 0.717) is 17.2 Å². The average molecular weight is 474 g/mol. The largest absolute Gasteiger partial charge is 0.489 e. The van der Waals surface area contributed by atoms with Crippen LogP contribution in [0.4, 0.5) is 17.1 Å². The van der Waals surface area contributed by atoms with Gasteiger partial charge >= 0.3 is 0 Å². The van der Waals surface area contributed by atoms with Crippen LogP contribution in [0.2, 0.25) is 0 Å². The first-order valence-electron chi connectivity index (χ1n) is 11.3. The lowest BCUT2D eigenvalue weighted by molar-refractivity contribution is 0.100. The Morgan fingerprint density at radius 1 is 0.971 bits per heavy atom. The summed E-state index contributed by atoms with van der Waals surface area (Å²) in [7, 11) is 0. The van der Waals surface area contributed by atoms with Crippen molar-refractivity contribution in [2.24, 2.45) is 5.73 Å². The molecule has 0 bridgehead atoms. The lowest BCUT2D eigenvalue weighted by Gasteiger charge is -2.25. The van der Waals surface area contributed by atoms with Crippen molar-refractivity contribution in [3.8, 4) is 5.75 Å². The van der Waals surface area contributed by atoms with Crippen LogP contribution in [0.1, 0.15) is 21.7 Å². The van der Waals surface area contributed by atoms with Crippen molar-refractivity contribution in [1.82, 2.24) is 4.98 Å². The summed E-state index contributed by atoms with van der Waals surface area (Å²) >= 11 is 1.26. The van der Waals surface area contributed by atoms with E-state index in [1.54, 1.807) is 6.20 Å². The zero-order chi connectivity index (χ0) is 23.5. The van der Waals surface area contributed by atoms with Crippen molar-refractivity contribution in [2.45, 2.75) is 13.0 Å². The first-order valence-corrected chi connectivity index (χ1v) is 12.2. The molecule has 174 valence electrons. The van der Waals surface area contributed by atoms with Gasteiger partial charge in [0.05, 0.1) is 16.8 Å². The number of nitrogens with zero attached hydrogens (tertiary/aromatic N) is 3. The predicted octanol–water partition coefficient (Wildman–Crippen LogP) is 4.27. The molecule has 1 saturated heterocycles. The van der Waals surface area contributed by atoms with Crippen LogP contribution >= 0.6 is 11.3 Å². The highest BCUT2D eigenvalue weighted by Crippen LogP contribution is 2.38. The maximum atomic E-state index is 11.8. The first kappa shape index (κ1) is 22.0. The molecule has 34 heavy (non-hydrogen) atoms. The maximum Gasteiger partial charge on any atom is 0.260 e. The van der Waals surface area contributed by atoms with Crippen molar-refractivity contribution in [2.75, 3.05) is 41.7 Å². The van der Waals surface area contributed by atoms with Gasteiger partial charge in [-0.1, -0.05) is 30.3 Å². The predicted molar refractivity (Wildman–Crippen MR) is 139 cm³/mol. The molecule has 8 heteroatoms. The van der Waals surface area contributed by atoms with E-state index in [1.165, 1.54) is 17.0 Å². The van der Waals surface area contributed by atoms with E-state index >= 15 is 0 Å². The first-order chi connectivity index (χ1) is 16.6. The fourth-order valence-electron chi connectivity index (χ4n) is 4.39. The van der Waals surface area contributed by atoms with E-state index < -0.39 is 5.91 Å². The van der Waals surface area contributed by atoms with Gasteiger partial charge in [-0.05, 0) is 42.3 Å². The van der Waals surface area contributed by atoms with Gasteiger partial charge in [0.15, 0.2) is 0 Å². The molecule has 1 amide bonds. The Balaban J connectivity index is 1.27. The Labute approximate surface area is 202 Å². The molecule has 0 radical (unpaired) electrons. The topological polar surface area (TPSA) is 97.7 Å². The molecular formula is C26H27N5O2S. The highest BCUT2D eigenvalue weighted by atomic mass is 32.1. The van der Waals surface area contributed by atoms with Gasteiger partial charge in [-0.15, -0.1) is 11.3 Å². The Hall–Kier alpha value is -3.78. The minimum absolute atomic E-state index is 0.376. The number of hydrogen-bond acceptors (Lipinski definition) is 7. The second-order valence-electron chi connectivity index (χ2n) is 8.32. The van der Waals surface area contributed by atoms with Crippen LogP contribution in [0.15, 0.2) is 66.9 Å². The zero-order valence-corrected chi connectivity index (χ0v) is 19.6. The molecule has 4 N–H and O–H groups in total. The van der Waals surface area contributed by atoms with Gasteiger partial charge in [0.25, 0.3) is 5.91 Å². The van der Waals surface area contributed by atoms with E-state index in [2.05, 4.69) is 39.0 Å². The standard InChI is InChI=1S/C26H27N5O2S/c27-23-22-21(11-12-29-26(22)34-24(23)25(28)32)31-14-4-13-30(15-16-31)19-7-9-20(10-8-19)33-17-18-5-2-1-3-6-18/h1-3,5-12H,4,13-17,27H2,(H2,28,32). The molecule has 0 saturated carbocycles. The van der Waals surface area contributed by atoms with Crippen LogP contribution in [0.25, 0.3) is 10.2 Å². The molecule has 5 rings (SSSR count). The molecule has 1 aliphatic heterocycles. The number of primary amides is 1. The molecule has 7 nitrogen and oxygen atoms in total. The van der Waals surface area contributed by atoms with Crippen molar-refractivity contribution >= 4 is 44.5 Å². The van der Waals surface area contributed by atoms with Crippen LogP contribution in [0, 0.1) is 0 Å². The summed E-state index contributed by atoms with van der Waals surface area (Å²) in [5, 5.41) is 0.828. The van der Waals surface area contributed by atoms with Crippen molar-refractivity contribution < 1.29 is 9.53 Å². The summed E-state index contributed by atoms with van der Waals surface area (Å²) in [5.74, 6) is 0.353. The summed E-state index contributed by atoms with van der Waals surface area (Å²) in [6, 6.07) is 20.5. The van der Waals surface area contributed by atoms with E-state index in [1.807, 2.05) is 36.4 Å². The molecule has 0 unspecified atom stereocenters. The van der Waals surface area contributed by atoms with Gasteiger partial charge in [0, 0.05) is 38.1 Å². The molecule has 0 atom stereocenters. The van der Waals surface area contributed by atoms with Gasteiger partial charge in [-0.2, -0.15) is 0 Å². The second-order valence-corrected chi connectivity index (χ2v) is 9.31. The molecule has 2 aromatic heterocycles. The van der Waals surface area contributed by atoms with E-state index in [-0.39, 0.29) is 0 Å². The number of carbonyl (C=O) groups excluding carboxylic acids is 1. The quantitative estimate of drug-likeness (QED) is 0.434. The number of rotatable bonds is 6. The fourth-order valence-corrected chi connectivity index (χ4v) is 5.32. The number of aromatic nitrogens is 1. The number of benzene rings is 2. The minimum atomic E-state index is -0.510. The lowest BCUT2D eigenvalue weighted by atomic mass is 10.2. The number of nitrogens with two attached hydrogens (primary N) is 2. The van der Waals surface area contributed by atoms with Crippen LogP contribution in [-0.4, -0.2) is 37.1 Å². The number of nitrogen functional groups attached to an aromatic ring is 1. The number of thiophene rings is 1. The zero-order valence-electron chi connectivity index (χ0n) is 18.8. The number of amides is 1. The molecule has 0 aliphatic carbocycles. The fraction of sp³-hybridized carbons (Fsp3) is 0.231. The summed E-state index contributed by atoms with van der Waals surface area (Å²) < 4.78 is 5.93. The van der Waals surface area contributed by atoms with Crippen LogP contribution < -0.4 is 26.0 Å². The summed E-state index contributed by atoms with van der Waals surface area (Å²) in [4.78, 5) is 22.0. The van der Waals surface area contributed by atoms with Crippen molar-refractivity contribution in [1.29, 1.82) is 0 Å². The van der Waals surface area contributed by atoms with E-state index in [0.717, 1.165) is 59.8 Å². The van der Waals surface area contributed by atoms with Crippen LogP contribution in [0.5, 0.6) is 5.75 Å². The molecule has 0 spiro atoms. The lowest BCUT2D eigenvalue weighted by Crippen LogP contribution is -2.30. The van der Waals surface area contributed by atoms with Gasteiger partial charge in [-0.3, -0.25) is 4.79 Å².